The van der Waals surface area contributed by atoms with E-state index >= 15 is 0 Å². The molecule has 0 atom stereocenters. The number of hydrogen-bond donors (Lipinski definition) is 1. The Labute approximate surface area is 96.7 Å². The molecule has 0 bridgehead atoms. The van der Waals surface area contributed by atoms with Crippen molar-refractivity contribution in [2.24, 2.45) is 10.6 Å². The van der Waals surface area contributed by atoms with Crippen LogP contribution in [0.2, 0.25) is 0 Å². The fourth-order valence-electron chi connectivity index (χ4n) is 1.16. The van der Waals surface area contributed by atoms with Crippen molar-refractivity contribution < 1.29 is 14.5 Å². The van der Waals surface area contributed by atoms with Crippen molar-refractivity contribution in [3.8, 4) is 0 Å². The van der Waals surface area contributed by atoms with Crippen LogP contribution in [0.3, 0.4) is 0 Å². The summed E-state index contributed by atoms with van der Waals surface area (Å²) < 4.78 is 14.1. The molecular weight excluding hydrogens is 231 g/mol. The summed E-state index contributed by atoms with van der Waals surface area (Å²) in [5.74, 6) is -0.305. The molecule has 94 valence electrons. The summed E-state index contributed by atoms with van der Waals surface area (Å²) in [7, 11) is 0. The van der Waals surface area contributed by atoms with Gasteiger partial charge in [0.2, 0.25) is 6.33 Å². The number of halogens is 1. The molecule has 0 unspecified atom stereocenters. The van der Waals surface area contributed by atoms with E-state index in [4.69, 9.17) is 5.21 Å². The second kappa shape index (κ2) is 4.89. The molecule has 0 aromatic carbocycles. The molecule has 7 nitrogen and oxygen atoms in total. The Balaban J connectivity index is 2.86. The molecule has 0 spiro atoms. The first-order valence-electron chi connectivity index (χ1n) is 4.84. The molecule has 0 radical (unpaired) electrons. The zero-order valence-electron chi connectivity index (χ0n) is 9.50. The molecule has 1 N–H and O–H groups in total. The summed E-state index contributed by atoms with van der Waals surface area (Å²) in [5, 5.41) is 22.3. The monoisotopic (exact) mass is 244 g/mol. The molecule has 1 rings (SSSR count). The van der Waals surface area contributed by atoms with Crippen molar-refractivity contribution in [3.05, 3.63) is 22.6 Å². The molecule has 17 heavy (non-hydrogen) atoms. The minimum atomic E-state index is -0.923. The summed E-state index contributed by atoms with van der Waals surface area (Å²) in [6.07, 6.45) is 2.43. The second-order valence-corrected chi connectivity index (χ2v) is 4.23. The van der Waals surface area contributed by atoms with E-state index in [1.54, 1.807) is 13.8 Å². The number of alkyl halides is 1. The first kappa shape index (κ1) is 13.1. The molecule has 0 amide bonds. The Kier molecular flexibility index (Phi) is 3.77. The summed E-state index contributed by atoms with van der Waals surface area (Å²) in [4.78, 5) is 13.3. The molecule has 0 saturated heterocycles. The Morgan fingerprint density at radius 1 is 1.76 bits per heavy atom. The molecule has 0 aliphatic heterocycles. The van der Waals surface area contributed by atoms with Gasteiger partial charge >= 0.3 is 5.82 Å². The quantitative estimate of drug-likeness (QED) is 0.368. The number of aromatic nitrogens is 2. The zero-order valence-corrected chi connectivity index (χ0v) is 9.50. The van der Waals surface area contributed by atoms with Gasteiger partial charge in [0, 0.05) is 5.41 Å². The normalized spacial score (nSPS) is 12.8. The lowest BCUT2D eigenvalue weighted by Gasteiger charge is -2.21. The van der Waals surface area contributed by atoms with Crippen molar-refractivity contribution in [2.75, 3.05) is 6.67 Å². The maximum Gasteiger partial charge on any atom is 0.381 e. The Morgan fingerprint density at radius 3 is 2.82 bits per heavy atom. The van der Waals surface area contributed by atoms with Crippen LogP contribution in [-0.4, -0.2) is 32.1 Å². The molecule has 0 saturated carbocycles. The Bertz CT molecular complexity index is 441. The first-order chi connectivity index (χ1) is 7.90. The molecule has 1 aromatic rings. The Hall–Kier alpha value is -1.99. The van der Waals surface area contributed by atoms with E-state index in [1.807, 2.05) is 0 Å². The van der Waals surface area contributed by atoms with Gasteiger partial charge in [-0.25, -0.2) is 0 Å². The van der Waals surface area contributed by atoms with Gasteiger partial charge in [-0.05, 0) is 9.91 Å². The molecule has 0 fully saturated rings. The number of hydrogen-bond acceptors (Lipinski definition) is 5. The van der Waals surface area contributed by atoms with Crippen molar-refractivity contribution in [2.45, 2.75) is 20.4 Å². The van der Waals surface area contributed by atoms with Crippen molar-refractivity contribution in [1.29, 1.82) is 0 Å². The van der Waals surface area contributed by atoms with Crippen LogP contribution in [0.1, 0.15) is 13.8 Å². The zero-order chi connectivity index (χ0) is 13.1. The minimum absolute atomic E-state index is 0.0499. The first-order valence-corrected chi connectivity index (χ1v) is 4.84. The van der Waals surface area contributed by atoms with Crippen LogP contribution >= 0.6 is 0 Å². The van der Waals surface area contributed by atoms with Gasteiger partial charge in [0.1, 0.15) is 6.20 Å². The SMILES string of the molecule is CC(C)(CF)/C(Cn1cnc([N+](=O)[O-])c1)=N/O. The average Bonchev–Trinajstić information content (AvgIpc) is 2.74. The maximum absolute atomic E-state index is 12.7. The molecular formula is C9H13FN4O3. The van der Waals surface area contributed by atoms with Crippen LogP contribution < -0.4 is 0 Å². The number of imidazole rings is 1. The lowest BCUT2D eigenvalue weighted by atomic mass is 9.89. The van der Waals surface area contributed by atoms with Gasteiger partial charge in [-0.2, -0.15) is 0 Å². The fraction of sp³-hybridized carbons (Fsp3) is 0.556. The van der Waals surface area contributed by atoms with Crippen LogP contribution in [-0.2, 0) is 6.54 Å². The van der Waals surface area contributed by atoms with Gasteiger partial charge in [-0.1, -0.05) is 19.0 Å². The predicted molar refractivity (Wildman–Crippen MR) is 57.9 cm³/mol. The minimum Gasteiger partial charge on any atom is -0.411 e. The average molecular weight is 244 g/mol. The maximum atomic E-state index is 12.7. The van der Waals surface area contributed by atoms with Crippen molar-refractivity contribution in [1.82, 2.24) is 9.55 Å². The third kappa shape index (κ3) is 2.99. The van der Waals surface area contributed by atoms with Gasteiger partial charge in [0.25, 0.3) is 0 Å². The number of nitro groups is 1. The van der Waals surface area contributed by atoms with Gasteiger partial charge in [-0.3, -0.25) is 4.39 Å². The van der Waals surface area contributed by atoms with E-state index in [2.05, 4.69) is 10.1 Å². The van der Waals surface area contributed by atoms with E-state index in [9.17, 15) is 14.5 Å². The lowest BCUT2D eigenvalue weighted by molar-refractivity contribution is -0.389. The number of nitrogens with zero attached hydrogens (tertiary/aromatic N) is 4. The van der Waals surface area contributed by atoms with Gasteiger partial charge in [0.15, 0.2) is 0 Å². The highest BCUT2D eigenvalue weighted by Gasteiger charge is 2.26. The van der Waals surface area contributed by atoms with Gasteiger partial charge < -0.3 is 19.9 Å². The molecule has 0 aliphatic rings. The summed E-state index contributed by atoms with van der Waals surface area (Å²) >= 11 is 0. The van der Waals surface area contributed by atoms with Crippen LogP contribution in [0.5, 0.6) is 0 Å². The van der Waals surface area contributed by atoms with Crippen molar-refractivity contribution in [3.63, 3.8) is 0 Å². The highest BCUT2D eigenvalue weighted by atomic mass is 19.1. The topological polar surface area (TPSA) is 93.5 Å². The lowest BCUT2D eigenvalue weighted by Crippen LogP contribution is -2.30. The highest BCUT2D eigenvalue weighted by Crippen LogP contribution is 2.20. The molecule has 1 heterocycles. The van der Waals surface area contributed by atoms with Crippen molar-refractivity contribution >= 4 is 11.5 Å². The van der Waals surface area contributed by atoms with E-state index in [0.717, 1.165) is 0 Å². The molecule has 8 heteroatoms. The molecule has 1 aromatic heterocycles. The van der Waals surface area contributed by atoms with E-state index < -0.39 is 17.0 Å². The van der Waals surface area contributed by atoms with Crippen LogP contribution in [0.4, 0.5) is 10.2 Å². The van der Waals surface area contributed by atoms with E-state index in [1.165, 1.54) is 17.1 Å². The Morgan fingerprint density at radius 2 is 2.41 bits per heavy atom. The number of rotatable bonds is 5. The third-order valence-corrected chi connectivity index (χ3v) is 2.38. The highest BCUT2D eigenvalue weighted by molar-refractivity contribution is 5.89. The second-order valence-electron chi connectivity index (χ2n) is 4.23. The molecule has 0 aliphatic carbocycles. The van der Waals surface area contributed by atoms with Crippen LogP contribution in [0.15, 0.2) is 17.7 Å². The van der Waals surface area contributed by atoms with Gasteiger partial charge in [0.05, 0.1) is 18.9 Å². The largest absolute Gasteiger partial charge is 0.411 e. The van der Waals surface area contributed by atoms with Crippen LogP contribution in [0.25, 0.3) is 0 Å². The summed E-state index contributed by atoms with van der Waals surface area (Å²) in [5.41, 5.74) is -0.736. The predicted octanol–water partition coefficient (Wildman–Crippen LogP) is 1.62. The van der Waals surface area contributed by atoms with Gasteiger partial charge in [-0.15, -0.1) is 0 Å². The smallest absolute Gasteiger partial charge is 0.381 e. The fourth-order valence-corrected chi connectivity index (χ4v) is 1.16. The third-order valence-electron chi connectivity index (χ3n) is 2.38. The summed E-state index contributed by atoms with van der Waals surface area (Å²) in [6.45, 7) is 2.51. The van der Waals surface area contributed by atoms with E-state index in [-0.39, 0.29) is 18.1 Å². The van der Waals surface area contributed by atoms with Crippen LogP contribution in [0, 0.1) is 15.5 Å². The summed E-state index contributed by atoms with van der Waals surface area (Å²) in [6, 6.07) is 0. The van der Waals surface area contributed by atoms with E-state index in [0.29, 0.717) is 0 Å². The standard InChI is InChI=1S/C9H13FN4O3/c1-9(2,5-10)7(12-15)3-13-4-8(11-6-13)14(16)17/h4,6,15H,3,5H2,1-2H3/b12-7+. The number of oxime groups is 1.